The second-order valence-corrected chi connectivity index (χ2v) is 15.6. The predicted molar refractivity (Wildman–Crippen MR) is 233 cm³/mol. The van der Waals surface area contributed by atoms with Crippen molar-refractivity contribution in [3.63, 3.8) is 0 Å². The van der Waals surface area contributed by atoms with Gasteiger partial charge in [-0.15, -0.1) is 0 Å². The molecule has 0 unspecified atom stereocenters. The van der Waals surface area contributed by atoms with Gasteiger partial charge < -0.3 is 9.13 Å². The topological polar surface area (TPSA) is 9.86 Å². The van der Waals surface area contributed by atoms with Crippen LogP contribution in [0.5, 0.6) is 0 Å². The lowest BCUT2D eigenvalue weighted by Crippen LogP contribution is -1.99. The normalized spacial score (nSPS) is 12.3. The molecule has 11 aromatic rings. The Morgan fingerprint density at radius 1 is 0.291 bits per heavy atom. The summed E-state index contributed by atoms with van der Waals surface area (Å²) in [4.78, 5) is 2.58. The lowest BCUT2D eigenvalue weighted by atomic mass is 9.94. The average molecular weight is 717 g/mol. The smallest absolute Gasteiger partial charge is 0.0553 e. The number of nitrogens with zero attached hydrogens (tertiary/aromatic N) is 2. The van der Waals surface area contributed by atoms with Crippen LogP contribution < -0.4 is 0 Å². The van der Waals surface area contributed by atoms with Gasteiger partial charge in [-0.2, -0.15) is 0 Å². The Balaban J connectivity index is 1.09. The zero-order valence-corrected chi connectivity index (χ0v) is 30.6. The summed E-state index contributed by atoms with van der Waals surface area (Å²) in [5, 5.41) is 7.76. The van der Waals surface area contributed by atoms with Crippen molar-refractivity contribution in [1.82, 2.24) is 9.13 Å². The second-order valence-electron chi connectivity index (χ2n) is 14.5. The third-order valence-corrected chi connectivity index (χ3v) is 12.6. The highest BCUT2D eigenvalue weighted by Gasteiger charge is 2.25. The molecule has 3 heteroatoms. The van der Waals surface area contributed by atoms with Gasteiger partial charge in [0.25, 0.3) is 0 Å². The molecule has 0 bridgehead atoms. The third-order valence-electron chi connectivity index (χ3n) is 11.5. The zero-order chi connectivity index (χ0) is 36.0. The molecule has 2 aromatic heterocycles. The Kier molecular flexibility index (Phi) is 6.60. The van der Waals surface area contributed by atoms with Crippen LogP contribution in [0.25, 0.3) is 99.1 Å². The van der Waals surface area contributed by atoms with Crippen LogP contribution in [0.2, 0.25) is 0 Å². The molecule has 55 heavy (non-hydrogen) atoms. The van der Waals surface area contributed by atoms with E-state index >= 15 is 0 Å². The number of rotatable bonds is 4. The summed E-state index contributed by atoms with van der Waals surface area (Å²) in [6.45, 7) is 0. The van der Waals surface area contributed by atoms with Crippen LogP contribution in [0.4, 0.5) is 0 Å². The van der Waals surface area contributed by atoms with E-state index < -0.39 is 0 Å². The van der Waals surface area contributed by atoms with E-state index in [1.165, 1.54) is 109 Å². The van der Waals surface area contributed by atoms with Crippen LogP contribution in [0.3, 0.4) is 0 Å². The molecule has 256 valence electrons. The van der Waals surface area contributed by atoms with E-state index in [1.54, 1.807) is 0 Å². The minimum absolute atomic E-state index is 1.17. The molecule has 9 aromatic carbocycles. The molecule has 0 atom stereocenters. The molecule has 1 aliphatic rings. The third kappa shape index (κ3) is 4.57. The summed E-state index contributed by atoms with van der Waals surface area (Å²) >= 11 is 1.89. The molecule has 0 spiro atoms. The van der Waals surface area contributed by atoms with Crippen LogP contribution in [0, 0.1) is 0 Å². The van der Waals surface area contributed by atoms with Crippen molar-refractivity contribution in [2.75, 3.05) is 0 Å². The molecular formula is C52H32N2S. The van der Waals surface area contributed by atoms with Gasteiger partial charge in [0.1, 0.15) is 0 Å². The Hall–Kier alpha value is -6.81. The number of fused-ring (bicyclic) bond motifs is 9. The van der Waals surface area contributed by atoms with E-state index in [0.717, 1.165) is 0 Å². The Morgan fingerprint density at radius 2 is 0.873 bits per heavy atom. The summed E-state index contributed by atoms with van der Waals surface area (Å²) in [5.74, 6) is 0. The van der Waals surface area contributed by atoms with Gasteiger partial charge in [-0.25, -0.2) is 0 Å². The molecule has 0 N–H and O–H groups in total. The molecule has 12 rings (SSSR count). The highest BCUT2D eigenvalue weighted by atomic mass is 32.2. The first kappa shape index (κ1) is 30.6. The maximum atomic E-state index is 2.46. The zero-order valence-electron chi connectivity index (χ0n) is 29.8. The van der Waals surface area contributed by atoms with Crippen molar-refractivity contribution >= 4 is 66.1 Å². The summed E-state index contributed by atoms with van der Waals surface area (Å²) in [5.41, 5.74) is 14.7. The first-order chi connectivity index (χ1) is 27.3. The first-order valence-corrected chi connectivity index (χ1v) is 19.7. The molecule has 0 saturated heterocycles. The number of hydrogen-bond donors (Lipinski definition) is 0. The summed E-state index contributed by atoms with van der Waals surface area (Å²) in [6, 6.07) is 71.3. The predicted octanol–water partition coefficient (Wildman–Crippen LogP) is 14.5. The maximum absolute atomic E-state index is 2.46. The Bertz CT molecular complexity index is 3220. The quantitative estimate of drug-likeness (QED) is 0.176. The molecule has 1 aliphatic heterocycles. The van der Waals surface area contributed by atoms with Gasteiger partial charge in [-0.1, -0.05) is 139 Å². The molecule has 0 aliphatic carbocycles. The number of aromatic nitrogens is 2. The number of hydrogen-bond acceptors (Lipinski definition) is 1. The SMILES string of the molecule is c1ccc(-c2ccc3c(c2)c2cc(-c4ccccc4)ccc2n3-c2ccc3c(c2)Sc2cccc4c2c-3cc2c4c3ccccc3n2-c2ccccc2)cc1. The fourth-order valence-electron chi connectivity index (χ4n) is 9.06. The van der Waals surface area contributed by atoms with Crippen molar-refractivity contribution in [2.45, 2.75) is 9.79 Å². The van der Waals surface area contributed by atoms with Gasteiger partial charge in [0.15, 0.2) is 0 Å². The highest BCUT2D eigenvalue weighted by Crippen LogP contribution is 2.52. The van der Waals surface area contributed by atoms with Crippen molar-refractivity contribution in [3.05, 3.63) is 194 Å². The van der Waals surface area contributed by atoms with Gasteiger partial charge in [0.05, 0.1) is 22.1 Å². The van der Waals surface area contributed by atoms with Crippen LogP contribution in [-0.2, 0) is 0 Å². The molecule has 0 saturated carbocycles. The average Bonchev–Trinajstić information content (AvgIpc) is 3.76. The van der Waals surface area contributed by atoms with Crippen molar-refractivity contribution in [3.8, 4) is 44.8 Å². The largest absolute Gasteiger partial charge is 0.309 e. The second kappa shape index (κ2) is 11.8. The van der Waals surface area contributed by atoms with Crippen molar-refractivity contribution < 1.29 is 0 Å². The highest BCUT2D eigenvalue weighted by molar-refractivity contribution is 7.99. The number of benzene rings is 9. The van der Waals surface area contributed by atoms with Crippen LogP contribution >= 0.6 is 11.8 Å². The summed E-state index contributed by atoms with van der Waals surface area (Å²) in [6.07, 6.45) is 0. The van der Waals surface area contributed by atoms with E-state index in [1.807, 2.05) is 11.8 Å². The van der Waals surface area contributed by atoms with Crippen LogP contribution in [0.1, 0.15) is 0 Å². The fourth-order valence-corrected chi connectivity index (χ4v) is 10.2. The summed E-state index contributed by atoms with van der Waals surface area (Å²) in [7, 11) is 0. The lowest BCUT2D eigenvalue weighted by molar-refractivity contribution is 1.16. The molecule has 2 nitrogen and oxygen atoms in total. The monoisotopic (exact) mass is 716 g/mol. The molecule has 0 amide bonds. The fraction of sp³-hybridized carbons (Fsp3) is 0. The Labute approximate surface area is 322 Å². The van der Waals surface area contributed by atoms with Gasteiger partial charge in [-0.3, -0.25) is 0 Å². The van der Waals surface area contributed by atoms with Gasteiger partial charge in [0, 0.05) is 48.1 Å². The standard InChI is InChI=1S/C52H32N2S/c1-4-13-33(14-5-1)35-23-27-46-42(29-35)43-30-36(34-15-6-2-7-16-34)24-28-47(43)54(46)38-25-26-39-44-32-48-51(41-20-12-22-49(52(41)44)55-50(39)31-38)40-19-10-11-21-45(40)53(48)37-17-8-3-9-18-37/h1-32H. The van der Waals surface area contributed by atoms with E-state index in [0.29, 0.717) is 0 Å². The van der Waals surface area contributed by atoms with Gasteiger partial charge in [0.2, 0.25) is 0 Å². The van der Waals surface area contributed by atoms with E-state index in [-0.39, 0.29) is 0 Å². The number of para-hydroxylation sites is 2. The maximum Gasteiger partial charge on any atom is 0.0553 e. The lowest BCUT2D eigenvalue weighted by Gasteiger charge is -2.22. The van der Waals surface area contributed by atoms with E-state index in [4.69, 9.17) is 0 Å². The molecule has 0 fully saturated rings. The molecule has 3 heterocycles. The molecule has 0 radical (unpaired) electrons. The van der Waals surface area contributed by atoms with Crippen molar-refractivity contribution in [1.29, 1.82) is 0 Å². The van der Waals surface area contributed by atoms with E-state index in [9.17, 15) is 0 Å². The minimum Gasteiger partial charge on any atom is -0.309 e. The first-order valence-electron chi connectivity index (χ1n) is 18.8. The van der Waals surface area contributed by atoms with Crippen LogP contribution in [-0.4, -0.2) is 9.13 Å². The molecular weight excluding hydrogens is 685 g/mol. The minimum atomic E-state index is 1.17. The van der Waals surface area contributed by atoms with Gasteiger partial charge >= 0.3 is 0 Å². The van der Waals surface area contributed by atoms with Crippen LogP contribution in [0.15, 0.2) is 204 Å². The summed E-state index contributed by atoms with van der Waals surface area (Å²) < 4.78 is 4.90. The Morgan fingerprint density at radius 3 is 1.56 bits per heavy atom. The van der Waals surface area contributed by atoms with Gasteiger partial charge in [-0.05, 0) is 105 Å². The van der Waals surface area contributed by atoms with Crippen molar-refractivity contribution in [2.24, 2.45) is 0 Å². The van der Waals surface area contributed by atoms with E-state index in [2.05, 4.69) is 203 Å².